The molecular weight excluding hydrogens is 487 g/mol. The lowest BCUT2D eigenvalue weighted by Gasteiger charge is -2.48. The van der Waals surface area contributed by atoms with Crippen LogP contribution in [0.15, 0.2) is 4.99 Å². The number of rotatable bonds is 6. The minimum absolute atomic E-state index is 0. The highest BCUT2D eigenvalue weighted by molar-refractivity contribution is 14.0. The minimum Gasteiger partial charge on any atom is -0.355 e. The quantitative estimate of drug-likeness (QED) is 0.333. The molecule has 7 heteroatoms. The molecule has 0 amide bonds. The van der Waals surface area contributed by atoms with Crippen molar-refractivity contribution in [2.45, 2.75) is 90.1 Å². The molecule has 2 N–H and O–H groups in total. The van der Waals surface area contributed by atoms with Gasteiger partial charge in [0.05, 0.1) is 5.69 Å². The van der Waals surface area contributed by atoms with Crippen molar-refractivity contribution < 1.29 is 0 Å². The second kappa shape index (κ2) is 11.7. The largest absolute Gasteiger partial charge is 0.355 e. The molecule has 0 spiro atoms. The molecule has 1 aromatic heterocycles. The van der Waals surface area contributed by atoms with Crippen LogP contribution in [0.25, 0.3) is 0 Å². The molecule has 6 nitrogen and oxygen atoms in total. The fourth-order valence-electron chi connectivity index (χ4n) is 5.33. The van der Waals surface area contributed by atoms with Gasteiger partial charge < -0.3 is 10.6 Å². The normalized spacial score (nSPS) is 21.0. The molecule has 30 heavy (non-hydrogen) atoms. The van der Waals surface area contributed by atoms with Crippen LogP contribution in [0.2, 0.25) is 0 Å². The van der Waals surface area contributed by atoms with Gasteiger partial charge >= 0.3 is 0 Å². The van der Waals surface area contributed by atoms with E-state index in [1.807, 2.05) is 18.8 Å². The molecule has 2 fully saturated rings. The summed E-state index contributed by atoms with van der Waals surface area (Å²) < 4.78 is 1.98. The Labute approximate surface area is 200 Å². The van der Waals surface area contributed by atoms with Crippen molar-refractivity contribution in [2.24, 2.45) is 12.0 Å². The van der Waals surface area contributed by atoms with Crippen LogP contribution in [0.1, 0.15) is 75.2 Å². The van der Waals surface area contributed by atoms with Gasteiger partial charge in [0.1, 0.15) is 0 Å². The number of likely N-dealkylation sites (tertiary alicyclic amines) is 1. The summed E-state index contributed by atoms with van der Waals surface area (Å²) in [5, 5.41) is 11.9. The second-order valence-electron chi connectivity index (χ2n) is 9.28. The molecule has 3 rings (SSSR count). The van der Waals surface area contributed by atoms with Crippen molar-refractivity contribution in [2.75, 3.05) is 26.7 Å². The van der Waals surface area contributed by atoms with Crippen LogP contribution in [0.5, 0.6) is 0 Å². The lowest BCUT2D eigenvalue weighted by molar-refractivity contribution is 0.0368. The Morgan fingerprint density at radius 2 is 1.73 bits per heavy atom. The molecule has 1 unspecified atom stereocenters. The van der Waals surface area contributed by atoms with Gasteiger partial charge in [0.2, 0.25) is 0 Å². The van der Waals surface area contributed by atoms with Crippen LogP contribution in [0.3, 0.4) is 0 Å². The predicted octanol–water partition coefficient (Wildman–Crippen LogP) is 3.94. The second-order valence-corrected chi connectivity index (χ2v) is 9.28. The Bertz CT molecular complexity index is 686. The first-order valence-corrected chi connectivity index (χ1v) is 11.7. The third-order valence-corrected chi connectivity index (χ3v) is 7.17. The van der Waals surface area contributed by atoms with Gasteiger partial charge in [-0.25, -0.2) is 0 Å². The molecule has 0 bridgehead atoms. The van der Waals surface area contributed by atoms with Gasteiger partial charge in [-0.05, 0) is 71.5 Å². The van der Waals surface area contributed by atoms with E-state index >= 15 is 0 Å². The summed E-state index contributed by atoms with van der Waals surface area (Å²) in [4.78, 5) is 7.33. The molecule has 1 aliphatic carbocycles. The van der Waals surface area contributed by atoms with Gasteiger partial charge in [-0.3, -0.25) is 14.6 Å². The lowest BCUT2D eigenvalue weighted by Crippen LogP contribution is -2.59. The third kappa shape index (κ3) is 6.11. The van der Waals surface area contributed by atoms with Crippen LogP contribution in [0, 0.1) is 13.8 Å². The van der Waals surface area contributed by atoms with Crippen molar-refractivity contribution in [3.05, 3.63) is 17.0 Å². The van der Waals surface area contributed by atoms with E-state index in [-0.39, 0.29) is 24.0 Å². The van der Waals surface area contributed by atoms with Crippen LogP contribution in [-0.4, -0.2) is 58.9 Å². The molecular formula is C23H43IN6. The monoisotopic (exact) mass is 530 g/mol. The zero-order valence-corrected chi connectivity index (χ0v) is 22.1. The number of halogens is 1. The van der Waals surface area contributed by atoms with Gasteiger partial charge in [0.15, 0.2) is 5.96 Å². The highest BCUT2D eigenvalue weighted by Gasteiger charge is 2.38. The Balaban J connectivity index is 0.00000320. The first-order chi connectivity index (χ1) is 13.9. The average Bonchev–Trinajstić information content (AvgIpc) is 2.98. The predicted molar refractivity (Wildman–Crippen MR) is 137 cm³/mol. The molecule has 1 atom stereocenters. The van der Waals surface area contributed by atoms with E-state index in [1.165, 1.54) is 75.7 Å². The maximum atomic E-state index is 4.56. The van der Waals surface area contributed by atoms with Crippen molar-refractivity contribution in [3.63, 3.8) is 0 Å². The topological polar surface area (TPSA) is 57.5 Å². The van der Waals surface area contributed by atoms with Crippen LogP contribution in [-0.2, 0) is 13.5 Å². The Morgan fingerprint density at radius 3 is 2.30 bits per heavy atom. The molecule has 2 aliphatic rings. The molecule has 1 saturated heterocycles. The van der Waals surface area contributed by atoms with E-state index < -0.39 is 0 Å². The highest BCUT2D eigenvalue weighted by Crippen LogP contribution is 2.35. The summed E-state index contributed by atoms with van der Waals surface area (Å²) in [7, 11) is 3.91. The van der Waals surface area contributed by atoms with Crippen LogP contribution < -0.4 is 10.6 Å². The summed E-state index contributed by atoms with van der Waals surface area (Å²) >= 11 is 0. The maximum absolute atomic E-state index is 4.56. The van der Waals surface area contributed by atoms with E-state index in [1.54, 1.807) is 0 Å². The molecule has 0 radical (unpaired) electrons. The van der Waals surface area contributed by atoms with Crippen molar-refractivity contribution in [1.29, 1.82) is 0 Å². The standard InChI is InChI=1S/C23H42N6.HI/c1-18(16-21-19(2)27-28(5)20(21)3)26-22(24-4)25-17-23(12-8-6-9-13-23)29-14-10-7-11-15-29;/h18H,6-17H2,1-5H3,(H2,24,25,26);1H. The number of guanidine groups is 1. The highest BCUT2D eigenvalue weighted by atomic mass is 127. The van der Waals surface area contributed by atoms with E-state index in [0.717, 1.165) is 24.6 Å². The molecule has 2 heterocycles. The first kappa shape index (κ1) is 25.4. The molecule has 1 aromatic rings. The lowest BCUT2D eigenvalue weighted by atomic mass is 9.79. The van der Waals surface area contributed by atoms with E-state index in [0.29, 0.717) is 11.6 Å². The zero-order valence-electron chi connectivity index (χ0n) is 19.8. The number of hydrogen-bond donors (Lipinski definition) is 2. The summed E-state index contributed by atoms with van der Waals surface area (Å²) in [5.41, 5.74) is 4.05. The first-order valence-electron chi connectivity index (χ1n) is 11.7. The van der Waals surface area contributed by atoms with Crippen molar-refractivity contribution in [1.82, 2.24) is 25.3 Å². The number of hydrogen-bond acceptors (Lipinski definition) is 3. The Kier molecular flexibility index (Phi) is 9.91. The molecule has 1 aliphatic heterocycles. The maximum Gasteiger partial charge on any atom is 0.191 e. The van der Waals surface area contributed by atoms with E-state index in [4.69, 9.17) is 0 Å². The Hall–Kier alpha value is -0.830. The van der Waals surface area contributed by atoms with Gasteiger partial charge in [0.25, 0.3) is 0 Å². The smallest absolute Gasteiger partial charge is 0.191 e. The third-order valence-electron chi connectivity index (χ3n) is 7.17. The number of aryl methyl sites for hydroxylation is 2. The van der Waals surface area contributed by atoms with Gasteiger partial charge in [-0.15, -0.1) is 24.0 Å². The van der Waals surface area contributed by atoms with Gasteiger partial charge in [-0.1, -0.05) is 25.7 Å². The van der Waals surface area contributed by atoms with E-state index in [9.17, 15) is 0 Å². The summed E-state index contributed by atoms with van der Waals surface area (Å²) in [6, 6.07) is 0.306. The van der Waals surface area contributed by atoms with Crippen molar-refractivity contribution >= 4 is 29.9 Å². The van der Waals surface area contributed by atoms with Crippen molar-refractivity contribution in [3.8, 4) is 0 Å². The number of piperidine rings is 1. The summed E-state index contributed by atoms with van der Waals surface area (Å²) in [6.07, 6.45) is 11.8. The SMILES string of the molecule is CN=C(NCC1(N2CCCCC2)CCCCC1)NC(C)Cc1c(C)nn(C)c1C.I. The zero-order chi connectivity index (χ0) is 20.9. The fraction of sp³-hybridized carbons (Fsp3) is 0.826. The molecule has 172 valence electrons. The summed E-state index contributed by atoms with van der Waals surface area (Å²) in [5.74, 6) is 0.929. The number of nitrogens with zero attached hydrogens (tertiary/aromatic N) is 4. The minimum atomic E-state index is 0. The van der Waals surface area contributed by atoms with Crippen LogP contribution in [0.4, 0.5) is 0 Å². The summed E-state index contributed by atoms with van der Waals surface area (Å²) in [6.45, 7) is 10.0. The molecule has 0 aromatic carbocycles. The van der Waals surface area contributed by atoms with Crippen LogP contribution >= 0.6 is 24.0 Å². The average molecular weight is 531 g/mol. The number of aromatic nitrogens is 2. The number of aliphatic imine (C=N–C) groups is 1. The fourth-order valence-corrected chi connectivity index (χ4v) is 5.33. The van der Waals surface area contributed by atoms with E-state index in [2.05, 4.69) is 46.4 Å². The number of nitrogens with one attached hydrogen (secondary N) is 2. The van der Waals surface area contributed by atoms with Gasteiger partial charge in [-0.2, -0.15) is 5.10 Å². The van der Waals surface area contributed by atoms with Gasteiger partial charge in [0, 0.05) is 37.9 Å². The molecule has 1 saturated carbocycles. The Morgan fingerprint density at radius 1 is 1.10 bits per heavy atom.